The molecule has 1 aliphatic rings. The first-order valence-corrected chi connectivity index (χ1v) is 10.6. The van der Waals surface area contributed by atoms with Gasteiger partial charge in [-0.1, -0.05) is 30.3 Å². The van der Waals surface area contributed by atoms with Crippen molar-refractivity contribution >= 4 is 31.1 Å². The molecule has 1 radical (unpaired) electrons. The second-order valence-corrected chi connectivity index (χ2v) is 8.23. The van der Waals surface area contributed by atoms with Crippen molar-refractivity contribution in [1.29, 1.82) is 0 Å². The molecule has 4 nitrogen and oxygen atoms in total. The standard InChI is InChI=1S/C26H26BFN4/c1-16-14-19(4)29-25(16)24(26-17(2)15-20(5)32(26)27-28)22-10-7-21(8-11-22)9-13-23-12-6-18(3)30-31-23/h6-15,29H,1-5H3/q+1. The fraction of sp³-hybridized carbons (Fsp3) is 0.192. The van der Waals surface area contributed by atoms with Gasteiger partial charge in [-0.25, -0.2) is 8.80 Å². The van der Waals surface area contributed by atoms with Gasteiger partial charge in [0.05, 0.1) is 22.7 Å². The molecule has 0 saturated carbocycles. The Morgan fingerprint density at radius 1 is 0.969 bits per heavy atom. The average Bonchev–Trinajstić information content (AvgIpc) is 3.25. The lowest BCUT2D eigenvalue weighted by atomic mass is 9.94. The van der Waals surface area contributed by atoms with Crippen molar-refractivity contribution < 1.29 is 8.80 Å². The van der Waals surface area contributed by atoms with Gasteiger partial charge in [0.2, 0.25) is 0 Å². The summed E-state index contributed by atoms with van der Waals surface area (Å²) in [6, 6.07) is 14.3. The molecular weight excluding hydrogens is 398 g/mol. The van der Waals surface area contributed by atoms with Gasteiger partial charge in [0.1, 0.15) is 0 Å². The van der Waals surface area contributed by atoms with Gasteiger partial charge in [0.15, 0.2) is 11.4 Å². The van der Waals surface area contributed by atoms with Crippen LogP contribution >= 0.6 is 0 Å². The number of allylic oxidation sites excluding steroid dienone is 2. The van der Waals surface area contributed by atoms with Crippen LogP contribution in [0.1, 0.15) is 53.3 Å². The number of aromatic nitrogens is 3. The average molecular weight is 424 g/mol. The van der Waals surface area contributed by atoms with Crippen LogP contribution in [0.2, 0.25) is 0 Å². The number of aromatic amines is 1. The van der Waals surface area contributed by atoms with E-state index in [4.69, 9.17) is 0 Å². The van der Waals surface area contributed by atoms with Crippen LogP contribution in [0.4, 0.5) is 4.32 Å². The molecule has 3 aromatic rings. The Morgan fingerprint density at radius 2 is 1.72 bits per heavy atom. The van der Waals surface area contributed by atoms with E-state index < -0.39 is 0 Å². The first kappa shape index (κ1) is 21.7. The van der Waals surface area contributed by atoms with E-state index in [0.717, 1.165) is 62.0 Å². The molecule has 0 unspecified atom stereocenters. The monoisotopic (exact) mass is 424 g/mol. The summed E-state index contributed by atoms with van der Waals surface area (Å²) in [7, 11) is 0.641. The summed E-state index contributed by atoms with van der Waals surface area (Å²) >= 11 is 0. The fourth-order valence-electron chi connectivity index (χ4n) is 4.09. The molecule has 6 heteroatoms. The number of H-pyrrole nitrogens is 1. The normalized spacial score (nSPS) is 15.5. The maximum atomic E-state index is 13.9. The molecule has 0 amide bonds. The summed E-state index contributed by atoms with van der Waals surface area (Å²) < 4.78 is 15.5. The van der Waals surface area contributed by atoms with Crippen molar-refractivity contribution in [1.82, 2.24) is 15.2 Å². The highest BCUT2D eigenvalue weighted by Crippen LogP contribution is 2.34. The molecule has 1 N–H and O–H groups in total. The van der Waals surface area contributed by atoms with Crippen LogP contribution in [0.5, 0.6) is 0 Å². The van der Waals surface area contributed by atoms with Crippen molar-refractivity contribution in [3.63, 3.8) is 0 Å². The molecule has 32 heavy (non-hydrogen) atoms. The number of nitrogens with one attached hydrogen (secondary N) is 1. The quantitative estimate of drug-likeness (QED) is 0.542. The third kappa shape index (κ3) is 4.26. The van der Waals surface area contributed by atoms with E-state index >= 15 is 0 Å². The van der Waals surface area contributed by atoms with Crippen molar-refractivity contribution in [3.05, 3.63) is 99.3 Å². The number of nitrogens with zero attached hydrogens (tertiary/aromatic N) is 3. The van der Waals surface area contributed by atoms with E-state index in [1.165, 1.54) is 0 Å². The first-order chi connectivity index (χ1) is 15.4. The molecule has 0 atom stereocenters. The van der Waals surface area contributed by atoms with Gasteiger partial charge in [0.25, 0.3) is 0 Å². The van der Waals surface area contributed by atoms with Gasteiger partial charge < -0.3 is 4.98 Å². The molecule has 4 rings (SSSR count). The summed E-state index contributed by atoms with van der Waals surface area (Å²) in [6.45, 7) is 9.97. The zero-order valence-corrected chi connectivity index (χ0v) is 19.1. The maximum absolute atomic E-state index is 13.9. The van der Waals surface area contributed by atoms with E-state index in [9.17, 15) is 4.32 Å². The summed E-state index contributed by atoms with van der Waals surface area (Å²) in [5.74, 6) is 0. The fourth-order valence-corrected chi connectivity index (χ4v) is 4.09. The zero-order chi connectivity index (χ0) is 22.8. The molecule has 0 saturated heterocycles. The molecule has 2 aromatic heterocycles. The minimum Gasteiger partial charge on any atom is -0.358 e. The Balaban J connectivity index is 1.78. The van der Waals surface area contributed by atoms with E-state index in [2.05, 4.69) is 52.4 Å². The van der Waals surface area contributed by atoms with Crippen LogP contribution in [-0.4, -0.2) is 33.1 Å². The van der Waals surface area contributed by atoms with E-state index in [1.54, 1.807) is 4.49 Å². The van der Waals surface area contributed by atoms with Crippen molar-refractivity contribution in [3.8, 4) is 0 Å². The van der Waals surface area contributed by atoms with Crippen LogP contribution in [0, 0.1) is 20.8 Å². The van der Waals surface area contributed by atoms with Crippen molar-refractivity contribution in [2.45, 2.75) is 34.6 Å². The van der Waals surface area contributed by atoms with Gasteiger partial charge in [0, 0.05) is 24.3 Å². The Labute approximate surface area is 189 Å². The number of rotatable bonds is 5. The van der Waals surface area contributed by atoms with E-state index in [1.807, 2.05) is 58.1 Å². The topological polar surface area (TPSA) is 44.6 Å². The number of hydrogen-bond donors (Lipinski definition) is 1. The number of halogens is 1. The second kappa shape index (κ2) is 8.91. The minimum atomic E-state index is 0.641. The lowest BCUT2D eigenvalue weighted by Gasteiger charge is -2.12. The highest BCUT2D eigenvalue weighted by Gasteiger charge is 2.33. The number of benzene rings is 1. The lowest BCUT2D eigenvalue weighted by Crippen LogP contribution is -2.17. The predicted molar refractivity (Wildman–Crippen MR) is 130 cm³/mol. The van der Waals surface area contributed by atoms with Crippen molar-refractivity contribution in [2.75, 3.05) is 0 Å². The van der Waals surface area contributed by atoms with Gasteiger partial charge in [-0.05, 0) is 68.7 Å². The molecule has 159 valence electrons. The number of aryl methyl sites for hydroxylation is 3. The largest absolute Gasteiger partial charge is 0.792 e. The maximum Gasteiger partial charge on any atom is 0.792 e. The SMILES string of the molecule is CC1=CC(C)=[N+]([B]F)/C1=C(/c1ccc(/C=C/c2ccc(C)nn2)cc1)c1[nH]c(C)cc1C. The number of hydrogen-bond acceptors (Lipinski definition) is 2. The van der Waals surface area contributed by atoms with Crippen molar-refractivity contribution in [2.24, 2.45) is 0 Å². The summed E-state index contributed by atoms with van der Waals surface area (Å²) in [4.78, 5) is 3.48. The van der Waals surface area contributed by atoms with Crippen LogP contribution < -0.4 is 0 Å². The highest BCUT2D eigenvalue weighted by molar-refractivity contribution is 6.20. The Hall–Kier alpha value is -3.54. The zero-order valence-electron chi connectivity index (χ0n) is 19.1. The molecule has 1 aliphatic heterocycles. The van der Waals surface area contributed by atoms with Gasteiger partial charge in [-0.15, -0.1) is 0 Å². The summed E-state index contributed by atoms with van der Waals surface area (Å²) in [5, 5.41) is 8.26. The summed E-state index contributed by atoms with van der Waals surface area (Å²) in [5.41, 5.74) is 10.7. The van der Waals surface area contributed by atoms with Gasteiger partial charge in [-0.2, -0.15) is 10.2 Å². The molecule has 0 fully saturated rings. The molecule has 0 bridgehead atoms. The van der Waals surface area contributed by atoms with Crippen LogP contribution in [0.25, 0.3) is 17.7 Å². The molecule has 0 spiro atoms. The minimum absolute atomic E-state index is 0.641. The molecule has 3 heterocycles. The second-order valence-electron chi connectivity index (χ2n) is 8.23. The van der Waals surface area contributed by atoms with Crippen LogP contribution in [0.15, 0.2) is 59.8 Å². The lowest BCUT2D eigenvalue weighted by molar-refractivity contribution is -0.320. The smallest absolute Gasteiger partial charge is 0.358 e. The molecule has 0 aliphatic carbocycles. The van der Waals surface area contributed by atoms with Gasteiger partial charge >= 0.3 is 7.69 Å². The van der Waals surface area contributed by atoms with Crippen LogP contribution in [0.3, 0.4) is 0 Å². The third-order valence-electron chi connectivity index (χ3n) is 5.62. The summed E-state index contributed by atoms with van der Waals surface area (Å²) in [6.07, 6.45) is 5.97. The van der Waals surface area contributed by atoms with Gasteiger partial charge in [-0.3, -0.25) is 0 Å². The van der Waals surface area contributed by atoms with Crippen LogP contribution in [-0.2, 0) is 0 Å². The Morgan fingerprint density at radius 3 is 2.31 bits per heavy atom. The Kier molecular flexibility index (Phi) is 6.04. The Bertz CT molecular complexity index is 1280. The highest BCUT2D eigenvalue weighted by atomic mass is 19.1. The molecular formula is C26H26BFN4+. The van der Waals surface area contributed by atoms with E-state index in [-0.39, 0.29) is 0 Å². The first-order valence-electron chi connectivity index (χ1n) is 10.6. The molecule has 1 aromatic carbocycles. The van der Waals surface area contributed by atoms with E-state index in [0.29, 0.717) is 7.69 Å². The third-order valence-corrected chi connectivity index (χ3v) is 5.62. The predicted octanol–water partition coefficient (Wildman–Crippen LogP) is 5.60.